The van der Waals surface area contributed by atoms with Crippen molar-refractivity contribution in [1.82, 2.24) is 14.5 Å². The van der Waals surface area contributed by atoms with E-state index in [1.165, 1.54) is 0 Å². The van der Waals surface area contributed by atoms with Crippen molar-refractivity contribution in [2.75, 3.05) is 6.61 Å². The number of carbonyl (C=O) groups is 1. The quantitative estimate of drug-likeness (QED) is 0.402. The molecular weight excluding hydrogens is 437 g/mol. The molecule has 0 amide bonds. The molecule has 1 saturated carbocycles. The van der Waals surface area contributed by atoms with Gasteiger partial charge < -0.3 is 13.7 Å². The van der Waals surface area contributed by atoms with Gasteiger partial charge in [-0.3, -0.25) is 9.78 Å². The topological polar surface area (TPSA) is 66.2 Å². The zero-order chi connectivity index (χ0) is 24.6. The average Bonchev–Trinajstić information content (AvgIpc) is 3.07. The molecule has 2 aromatic rings. The molecule has 0 bridgehead atoms. The molecule has 2 heterocycles. The number of rotatable bonds is 6. The predicted molar refractivity (Wildman–Crippen MR) is 130 cm³/mol. The summed E-state index contributed by atoms with van der Waals surface area (Å²) >= 11 is 0. The van der Waals surface area contributed by atoms with E-state index in [-0.39, 0.29) is 18.1 Å². The second kappa shape index (κ2) is 9.29. The van der Waals surface area contributed by atoms with Crippen molar-refractivity contribution >= 4 is 14.3 Å². The third-order valence-corrected chi connectivity index (χ3v) is 11.9. The summed E-state index contributed by atoms with van der Waals surface area (Å²) in [5.74, 6) is 0.235. The van der Waals surface area contributed by atoms with Crippen LogP contribution in [-0.4, -0.2) is 47.7 Å². The van der Waals surface area contributed by atoms with Crippen molar-refractivity contribution in [1.29, 1.82) is 0 Å². The van der Waals surface area contributed by atoms with E-state index in [2.05, 4.69) is 43.8 Å². The Morgan fingerprint density at radius 3 is 2.33 bits per heavy atom. The van der Waals surface area contributed by atoms with Crippen LogP contribution in [0.25, 0.3) is 5.82 Å². The molecule has 8 heteroatoms. The molecule has 0 aliphatic heterocycles. The minimum Gasteiger partial charge on any atom is -0.465 e. The number of ether oxygens (including phenoxy) is 1. The lowest BCUT2D eigenvalue weighted by Gasteiger charge is -2.44. The predicted octanol–water partition coefficient (Wildman–Crippen LogP) is 5.60. The summed E-state index contributed by atoms with van der Waals surface area (Å²) in [4.78, 5) is 22.3. The fourth-order valence-electron chi connectivity index (χ4n) is 4.33. The number of aromatic nitrogens is 3. The van der Waals surface area contributed by atoms with Crippen LogP contribution in [0.5, 0.6) is 0 Å². The molecule has 3 atom stereocenters. The molecule has 182 valence electrons. The van der Waals surface area contributed by atoms with Gasteiger partial charge in [-0.2, -0.15) is 0 Å². The molecule has 0 aromatic carbocycles. The lowest BCUT2D eigenvalue weighted by Crippen LogP contribution is -2.52. The Balaban J connectivity index is 1.90. The van der Waals surface area contributed by atoms with Gasteiger partial charge >= 0.3 is 5.97 Å². The molecule has 0 radical (unpaired) electrons. The lowest BCUT2D eigenvalue weighted by molar-refractivity contribution is -0.154. The van der Waals surface area contributed by atoms with E-state index in [9.17, 15) is 4.79 Å². The fraction of sp³-hybridized carbons (Fsp3) is 0.640. The summed E-state index contributed by atoms with van der Waals surface area (Å²) in [6, 6.07) is 4.03. The SMILES string of the molecule is CCOC(=O)[C@@]1(c2cnc(-n3c(C)ccc3C)cn2)CCC(O[Si](C)(C)C(C)(C)C)[C@@H](F)C1. The van der Waals surface area contributed by atoms with E-state index in [4.69, 9.17) is 9.16 Å². The summed E-state index contributed by atoms with van der Waals surface area (Å²) in [5.41, 5.74) is 1.39. The van der Waals surface area contributed by atoms with Gasteiger partial charge in [0, 0.05) is 17.8 Å². The van der Waals surface area contributed by atoms with Crippen molar-refractivity contribution in [3.05, 3.63) is 41.6 Å². The van der Waals surface area contributed by atoms with Gasteiger partial charge in [-0.15, -0.1) is 0 Å². The Labute approximate surface area is 198 Å². The second-order valence-electron chi connectivity index (χ2n) is 10.7. The molecule has 0 N–H and O–H groups in total. The van der Waals surface area contributed by atoms with Crippen molar-refractivity contribution in [2.24, 2.45) is 0 Å². The lowest BCUT2D eigenvalue weighted by atomic mass is 9.70. The number of nitrogens with zero attached hydrogens (tertiary/aromatic N) is 3. The Morgan fingerprint density at radius 2 is 1.85 bits per heavy atom. The van der Waals surface area contributed by atoms with Gasteiger partial charge in [0.25, 0.3) is 0 Å². The van der Waals surface area contributed by atoms with Gasteiger partial charge in [0.05, 0.1) is 30.8 Å². The van der Waals surface area contributed by atoms with Gasteiger partial charge in [0.2, 0.25) is 0 Å². The van der Waals surface area contributed by atoms with Gasteiger partial charge in [0.1, 0.15) is 11.6 Å². The molecule has 0 saturated heterocycles. The van der Waals surface area contributed by atoms with E-state index in [1.54, 1.807) is 19.3 Å². The average molecular weight is 476 g/mol. The Bertz CT molecular complexity index is 964. The highest BCUT2D eigenvalue weighted by Gasteiger charge is 2.52. The Morgan fingerprint density at radius 1 is 1.21 bits per heavy atom. The largest absolute Gasteiger partial charge is 0.465 e. The summed E-state index contributed by atoms with van der Waals surface area (Å²) in [7, 11) is -2.14. The monoisotopic (exact) mass is 475 g/mol. The van der Waals surface area contributed by atoms with Crippen LogP contribution < -0.4 is 0 Å². The van der Waals surface area contributed by atoms with E-state index in [0.717, 1.165) is 11.4 Å². The number of alkyl halides is 1. The van der Waals surface area contributed by atoms with Crippen molar-refractivity contribution in [2.45, 2.75) is 96.6 Å². The number of aryl methyl sites for hydroxylation is 2. The number of hydrogen-bond acceptors (Lipinski definition) is 5. The van der Waals surface area contributed by atoms with Gasteiger partial charge in [-0.1, -0.05) is 20.8 Å². The number of carbonyl (C=O) groups excluding carboxylic acids is 1. The first-order valence-electron chi connectivity index (χ1n) is 11.8. The maximum Gasteiger partial charge on any atom is 0.318 e. The Hall–Kier alpha value is -2.06. The fourth-order valence-corrected chi connectivity index (χ4v) is 5.71. The van der Waals surface area contributed by atoms with Crippen LogP contribution in [0.15, 0.2) is 24.5 Å². The molecule has 1 aliphatic carbocycles. The molecule has 0 spiro atoms. The minimum absolute atomic E-state index is 0.0132. The van der Waals surface area contributed by atoms with Crippen LogP contribution in [0, 0.1) is 13.8 Å². The van der Waals surface area contributed by atoms with Crippen LogP contribution in [-0.2, 0) is 19.4 Å². The van der Waals surface area contributed by atoms with Gasteiger partial charge in [-0.25, -0.2) is 9.37 Å². The first-order chi connectivity index (χ1) is 15.3. The van der Waals surface area contributed by atoms with Crippen LogP contribution >= 0.6 is 0 Å². The van der Waals surface area contributed by atoms with Crippen LogP contribution in [0.2, 0.25) is 18.1 Å². The highest BCUT2D eigenvalue weighted by atomic mass is 28.4. The molecule has 1 aliphatic rings. The standard InChI is InChI=1S/C25H38FN3O3Si/c1-9-31-23(30)25(13-12-20(19(26)14-25)32-33(7,8)24(4,5)6)21-15-28-22(16-27-21)29-17(2)10-11-18(29)3/h10-11,15-16,19-20H,9,12-14H2,1-8H3/t19-,20?,25-/m0/s1. The Kier molecular flexibility index (Phi) is 7.20. The molecule has 6 nitrogen and oxygen atoms in total. The molecule has 3 rings (SSSR count). The third-order valence-electron chi connectivity index (χ3n) is 7.35. The summed E-state index contributed by atoms with van der Waals surface area (Å²) < 4.78 is 29.4. The summed E-state index contributed by atoms with van der Waals surface area (Å²) in [6.45, 7) is 16.7. The molecule has 1 fully saturated rings. The number of esters is 1. The van der Waals surface area contributed by atoms with Crippen molar-refractivity contribution < 1.29 is 18.3 Å². The van der Waals surface area contributed by atoms with Crippen molar-refractivity contribution in [3.63, 3.8) is 0 Å². The summed E-state index contributed by atoms with van der Waals surface area (Å²) in [6.07, 6.45) is 2.29. The van der Waals surface area contributed by atoms with E-state index in [0.29, 0.717) is 24.4 Å². The zero-order valence-electron chi connectivity index (χ0n) is 21.2. The molecule has 33 heavy (non-hydrogen) atoms. The number of halogens is 1. The molecule has 1 unspecified atom stereocenters. The second-order valence-corrected chi connectivity index (χ2v) is 15.4. The van der Waals surface area contributed by atoms with Crippen LogP contribution in [0.1, 0.15) is 64.0 Å². The van der Waals surface area contributed by atoms with Gasteiger partial charge in [-0.05, 0) is 63.9 Å². The van der Waals surface area contributed by atoms with E-state index >= 15 is 4.39 Å². The van der Waals surface area contributed by atoms with Crippen LogP contribution in [0.3, 0.4) is 0 Å². The maximum atomic E-state index is 15.6. The van der Waals surface area contributed by atoms with E-state index in [1.807, 2.05) is 30.5 Å². The zero-order valence-corrected chi connectivity index (χ0v) is 22.2. The molecule has 2 aromatic heterocycles. The highest BCUT2D eigenvalue weighted by molar-refractivity contribution is 6.74. The maximum absolute atomic E-state index is 15.6. The van der Waals surface area contributed by atoms with Gasteiger partial charge in [0.15, 0.2) is 14.1 Å². The smallest absolute Gasteiger partial charge is 0.318 e. The first kappa shape index (κ1) is 25.6. The first-order valence-corrected chi connectivity index (χ1v) is 14.7. The van der Waals surface area contributed by atoms with E-state index < -0.39 is 32.0 Å². The number of hydrogen-bond donors (Lipinski definition) is 0. The third kappa shape index (κ3) is 4.92. The van der Waals surface area contributed by atoms with Crippen LogP contribution in [0.4, 0.5) is 4.39 Å². The normalized spacial score (nSPS) is 24.0. The summed E-state index contributed by atoms with van der Waals surface area (Å²) in [5, 5.41) is -0.0154. The minimum atomic E-state index is -2.14. The molecular formula is C25H38FN3O3Si. The highest BCUT2D eigenvalue weighted by Crippen LogP contribution is 2.45. The van der Waals surface area contributed by atoms with Crippen molar-refractivity contribution in [3.8, 4) is 5.82 Å².